The average molecular weight is 389 g/mol. The number of ether oxygens (including phenoxy) is 1. The second kappa shape index (κ2) is 8.30. The van der Waals surface area contributed by atoms with Crippen LogP contribution in [0.1, 0.15) is 23.7 Å². The number of nitrogens with one attached hydrogen (secondary N) is 3. The van der Waals surface area contributed by atoms with Crippen LogP contribution in [0.2, 0.25) is 0 Å². The summed E-state index contributed by atoms with van der Waals surface area (Å²) in [5.74, 6) is 0.798. The van der Waals surface area contributed by atoms with Gasteiger partial charge in [0.05, 0.1) is 11.4 Å². The van der Waals surface area contributed by atoms with Crippen molar-refractivity contribution in [2.24, 2.45) is 0 Å². The van der Waals surface area contributed by atoms with Crippen molar-refractivity contribution < 1.29 is 9.53 Å². The number of rotatable bonds is 6. The Labute approximate surface area is 169 Å². The molecule has 3 N–H and O–H groups in total. The number of carbonyl (C=O) groups is 1. The fourth-order valence-electron chi connectivity index (χ4n) is 3.23. The predicted molar refractivity (Wildman–Crippen MR) is 112 cm³/mol. The number of pyridine rings is 1. The standard InChI is InChI=1S/C22H23N5O2/c1-3-18-8-6-9-19(23-18)16-11-12-21(15(2)13-16)29-14-17-7-4-5-10-20(17)27-22(28)24-25-26-27/h4-13,25-26H,3,14H2,1-2H3,(H,24,28). The maximum absolute atomic E-state index is 11.9. The Balaban J connectivity index is 1.52. The summed E-state index contributed by atoms with van der Waals surface area (Å²) in [4.78, 5) is 16.6. The molecule has 1 aromatic heterocycles. The molecule has 7 heteroatoms. The molecule has 2 aromatic carbocycles. The van der Waals surface area contributed by atoms with E-state index < -0.39 is 0 Å². The number of anilines is 1. The number of aromatic nitrogens is 1. The van der Waals surface area contributed by atoms with E-state index in [0.29, 0.717) is 6.61 Å². The van der Waals surface area contributed by atoms with Crippen molar-refractivity contribution in [2.45, 2.75) is 26.9 Å². The normalized spacial score (nSPS) is 13.4. The van der Waals surface area contributed by atoms with Crippen molar-refractivity contribution in [3.63, 3.8) is 0 Å². The molecule has 1 fully saturated rings. The Bertz CT molecular complexity index is 1040. The Morgan fingerprint density at radius 1 is 1.07 bits per heavy atom. The molecule has 2 amide bonds. The third kappa shape index (κ3) is 4.06. The lowest BCUT2D eigenvalue weighted by Crippen LogP contribution is -2.38. The van der Waals surface area contributed by atoms with Gasteiger partial charge in [-0.15, -0.1) is 11.1 Å². The highest BCUT2D eigenvalue weighted by Gasteiger charge is 2.23. The fourth-order valence-corrected chi connectivity index (χ4v) is 3.23. The van der Waals surface area contributed by atoms with E-state index in [4.69, 9.17) is 9.72 Å². The summed E-state index contributed by atoms with van der Waals surface area (Å²) in [5.41, 5.74) is 13.6. The van der Waals surface area contributed by atoms with Crippen molar-refractivity contribution >= 4 is 11.7 Å². The Hall–Kier alpha value is -3.42. The molecule has 1 aliphatic heterocycles. The smallest absolute Gasteiger partial charge is 0.353 e. The van der Waals surface area contributed by atoms with Crippen LogP contribution < -0.4 is 26.2 Å². The highest BCUT2D eigenvalue weighted by molar-refractivity contribution is 5.92. The first-order valence-electron chi connectivity index (χ1n) is 9.54. The number of hydrogen-bond acceptors (Lipinski definition) is 5. The number of benzene rings is 2. The first-order valence-corrected chi connectivity index (χ1v) is 9.54. The zero-order chi connectivity index (χ0) is 20.2. The van der Waals surface area contributed by atoms with Crippen LogP contribution in [0.4, 0.5) is 10.5 Å². The van der Waals surface area contributed by atoms with Gasteiger partial charge in [0.25, 0.3) is 0 Å². The average Bonchev–Trinajstić information content (AvgIpc) is 3.18. The molecule has 1 saturated heterocycles. The molecular weight excluding hydrogens is 366 g/mol. The third-order valence-corrected chi connectivity index (χ3v) is 4.80. The largest absolute Gasteiger partial charge is 0.489 e. The van der Waals surface area contributed by atoms with Crippen LogP contribution >= 0.6 is 0 Å². The summed E-state index contributed by atoms with van der Waals surface area (Å²) in [6.45, 7) is 4.46. The molecule has 7 nitrogen and oxygen atoms in total. The van der Waals surface area contributed by atoms with E-state index in [1.54, 1.807) is 0 Å². The Kier molecular flexibility index (Phi) is 5.41. The summed E-state index contributed by atoms with van der Waals surface area (Å²) >= 11 is 0. The minimum Gasteiger partial charge on any atom is -0.489 e. The van der Waals surface area contributed by atoms with Gasteiger partial charge in [-0.3, -0.25) is 10.4 Å². The SMILES string of the molecule is CCc1cccc(-c2ccc(OCc3ccccc3N3NNNC3=O)c(C)c2)n1. The molecule has 148 valence electrons. The summed E-state index contributed by atoms with van der Waals surface area (Å²) in [7, 11) is 0. The van der Waals surface area contributed by atoms with E-state index in [1.165, 1.54) is 5.01 Å². The third-order valence-electron chi connectivity index (χ3n) is 4.80. The van der Waals surface area contributed by atoms with Crippen molar-refractivity contribution in [3.8, 4) is 17.0 Å². The zero-order valence-electron chi connectivity index (χ0n) is 16.4. The number of urea groups is 1. The van der Waals surface area contributed by atoms with Gasteiger partial charge >= 0.3 is 6.03 Å². The van der Waals surface area contributed by atoms with E-state index in [2.05, 4.69) is 29.5 Å². The van der Waals surface area contributed by atoms with Crippen LogP contribution in [0.25, 0.3) is 11.3 Å². The van der Waals surface area contributed by atoms with Crippen LogP contribution in [0.15, 0.2) is 60.7 Å². The van der Waals surface area contributed by atoms with Gasteiger partial charge in [-0.1, -0.05) is 31.2 Å². The molecule has 0 bridgehead atoms. The van der Waals surface area contributed by atoms with Crippen LogP contribution in [0, 0.1) is 6.92 Å². The molecule has 29 heavy (non-hydrogen) atoms. The topological polar surface area (TPSA) is 78.5 Å². The van der Waals surface area contributed by atoms with Gasteiger partial charge in [0.15, 0.2) is 0 Å². The van der Waals surface area contributed by atoms with Crippen LogP contribution in [0.3, 0.4) is 0 Å². The number of carbonyl (C=O) groups excluding carboxylic acids is 1. The summed E-state index contributed by atoms with van der Waals surface area (Å²) in [6, 6.07) is 19.5. The molecule has 0 spiro atoms. The minimum atomic E-state index is -0.278. The van der Waals surface area contributed by atoms with E-state index >= 15 is 0 Å². The van der Waals surface area contributed by atoms with Gasteiger partial charge in [0, 0.05) is 16.8 Å². The van der Waals surface area contributed by atoms with Gasteiger partial charge in [-0.2, -0.15) is 0 Å². The molecule has 4 rings (SSSR count). The van der Waals surface area contributed by atoms with Crippen molar-refractivity contribution in [2.75, 3.05) is 5.01 Å². The molecule has 0 aliphatic carbocycles. The zero-order valence-corrected chi connectivity index (χ0v) is 16.4. The Morgan fingerprint density at radius 2 is 1.93 bits per heavy atom. The number of aryl methyl sites for hydroxylation is 2. The second-order valence-electron chi connectivity index (χ2n) is 6.77. The lowest BCUT2D eigenvalue weighted by molar-refractivity contribution is 0.250. The number of nitrogens with zero attached hydrogens (tertiary/aromatic N) is 2. The number of hydrogen-bond donors (Lipinski definition) is 3. The first-order chi connectivity index (χ1) is 14.2. The van der Waals surface area contributed by atoms with Crippen molar-refractivity contribution in [1.82, 2.24) is 21.5 Å². The number of amides is 2. The maximum Gasteiger partial charge on any atom is 0.353 e. The van der Waals surface area contributed by atoms with Gasteiger partial charge in [-0.05, 0) is 55.3 Å². The lowest BCUT2D eigenvalue weighted by Gasteiger charge is -2.18. The second-order valence-corrected chi connectivity index (χ2v) is 6.77. The van der Waals surface area contributed by atoms with Crippen molar-refractivity contribution in [1.29, 1.82) is 0 Å². The quantitative estimate of drug-likeness (QED) is 0.600. The molecule has 0 radical (unpaired) electrons. The van der Waals surface area contributed by atoms with Crippen LogP contribution in [-0.4, -0.2) is 11.0 Å². The van der Waals surface area contributed by atoms with E-state index in [1.807, 2.05) is 61.5 Å². The summed E-state index contributed by atoms with van der Waals surface area (Å²) in [6.07, 6.45) is 0.910. The van der Waals surface area contributed by atoms with Crippen LogP contribution in [0.5, 0.6) is 5.75 Å². The van der Waals surface area contributed by atoms with Gasteiger partial charge in [0.2, 0.25) is 0 Å². The highest BCUT2D eigenvalue weighted by atomic mass is 16.5. The molecular formula is C22H23N5O2. The molecule has 1 aliphatic rings. The number of para-hydroxylation sites is 1. The van der Waals surface area contributed by atoms with E-state index in [-0.39, 0.29) is 6.03 Å². The minimum absolute atomic E-state index is 0.278. The maximum atomic E-state index is 11.9. The molecule has 0 saturated carbocycles. The molecule has 3 aromatic rings. The number of hydrazine groups is 3. The lowest BCUT2D eigenvalue weighted by atomic mass is 10.1. The first kappa shape index (κ1) is 18.9. The van der Waals surface area contributed by atoms with Crippen molar-refractivity contribution in [3.05, 3.63) is 77.5 Å². The summed E-state index contributed by atoms with van der Waals surface area (Å²) in [5, 5.41) is 1.40. The fraction of sp³-hybridized carbons (Fsp3) is 0.182. The Morgan fingerprint density at radius 3 is 2.69 bits per heavy atom. The van der Waals surface area contributed by atoms with Gasteiger partial charge in [0.1, 0.15) is 12.4 Å². The van der Waals surface area contributed by atoms with Gasteiger partial charge in [-0.25, -0.2) is 9.80 Å². The molecule has 0 atom stereocenters. The van der Waals surface area contributed by atoms with E-state index in [9.17, 15) is 4.79 Å². The van der Waals surface area contributed by atoms with Crippen LogP contribution in [-0.2, 0) is 13.0 Å². The molecule has 0 unspecified atom stereocenters. The predicted octanol–water partition coefficient (Wildman–Crippen LogP) is 3.65. The highest BCUT2D eigenvalue weighted by Crippen LogP contribution is 2.27. The van der Waals surface area contributed by atoms with E-state index in [0.717, 1.165) is 45.9 Å². The summed E-state index contributed by atoms with van der Waals surface area (Å²) < 4.78 is 6.07. The van der Waals surface area contributed by atoms with Gasteiger partial charge < -0.3 is 4.74 Å². The monoisotopic (exact) mass is 389 g/mol. The molecule has 2 heterocycles.